The van der Waals surface area contributed by atoms with Gasteiger partial charge in [0.25, 0.3) is 0 Å². The number of likely N-dealkylation sites (N-methyl/N-ethyl adjacent to an activating group) is 1. The Labute approximate surface area is 142 Å². The number of methoxy groups -OCH3 is 1. The Morgan fingerprint density at radius 1 is 1.04 bits per heavy atom. The van der Waals surface area contributed by atoms with E-state index in [-0.39, 0.29) is 5.97 Å². The van der Waals surface area contributed by atoms with Gasteiger partial charge in [0, 0.05) is 19.2 Å². The van der Waals surface area contributed by atoms with Crippen molar-refractivity contribution in [2.75, 3.05) is 19.5 Å². The summed E-state index contributed by atoms with van der Waals surface area (Å²) >= 11 is 0. The second-order valence-electron chi connectivity index (χ2n) is 6.15. The van der Waals surface area contributed by atoms with Gasteiger partial charge >= 0.3 is 17.8 Å². The van der Waals surface area contributed by atoms with Gasteiger partial charge in [-0.2, -0.15) is 0 Å². The molecule has 1 aromatic carbocycles. The normalized spacial score (nSPS) is 20.1. The van der Waals surface area contributed by atoms with Gasteiger partial charge in [0.05, 0.1) is 7.11 Å². The fourth-order valence-corrected chi connectivity index (χ4v) is 3.16. The van der Waals surface area contributed by atoms with Crippen LogP contribution in [0.5, 0.6) is 0 Å². The molecule has 1 aromatic rings. The van der Waals surface area contributed by atoms with Gasteiger partial charge in [-0.25, -0.2) is 0 Å². The van der Waals surface area contributed by atoms with E-state index in [0.717, 1.165) is 25.7 Å². The largest absolute Gasteiger partial charge is 0.469 e. The molecule has 24 heavy (non-hydrogen) atoms. The first kappa shape index (κ1) is 18.0. The molecular formula is C18H24N2O4. The predicted molar refractivity (Wildman–Crippen MR) is 90.5 cm³/mol. The average Bonchev–Trinajstić information content (AvgIpc) is 2.62. The van der Waals surface area contributed by atoms with Crippen LogP contribution in [0.2, 0.25) is 0 Å². The molecule has 1 saturated carbocycles. The van der Waals surface area contributed by atoms with Crippen LogP contribution in [0.3, 0.4) is 0 Å². The van der Waals surface area contributed by atoms with Crippen molar-refractivity contribution in [3.63, 3.8) is 0 Å². The summed E-state index contributed by atoms with van der Waals surface area (Å²) in [5.41, 5.74) is 1.83. The molecule has 0 heterocycles. The van der Waals surface area contributed by atoms with Crippen LogP contribution in [0.25, 0.3) is 0 Å². The van der Waals surface area contributed by atoms with Crippen LogP contribution in [-0.4, -0.2) is 31.9 Å². The maximum atomic E-state index is 11.5. The summed E-state index contributed by atoms with van der Waals surface area (Å²) in [4.78, 5) is 34.1. The highest BCUT2D eigenvalue weighted by Crippen LogP contribution is 2.37. The van der Waals surface area contributed by atoms with Crippen LogP contribution < -0.4 is 10.6 Å². The Hall–Kier alpha value is -2.37. The summed E-state index contributed by atoms with van der Waals surface area (Å²) in [7, 11) is 2.85. The minimum absolute atomic E-state index is 0.130. The molecule has 0 radical (unpaired) electrons. The fraction of sp³-hybridized carbons (Fsp3) is 0.500. The first-order chi connectivity index (χ1) is 11.5. The maximum absolute atomic E-state index is 11.5. The van der Waals surface area contributed by atoms with Crippen LogP contribution in [0.1, 0.15) is 43.6 Å². The molecule has 2 N–H and O–H groups in total. The number of ether oxygens (including phenoxy) is 1. The lowest BCUT2D eigenvalue weighted by atomic mass is 9.77. The average molecular weight is 332 g/mol. The zero-order valence-corrected chi connectivity index (χ0v) is 14.1. The second kappa shape index (κ2) is 8.47. The van der Waals surface area contributed by atoms with Crippen LogP contribution in [-0.2, 0) is 19.1 Å². The number of hydrogen-bond acceptors (Lipinski definition) is 4. The number of carbonyl (C=O) groups is 3. The van der Waals surface area contributed by atoms with E-state index < -0.39 is 11.8 Å². The minimum atomic E-state index is -0.673. The van der Waals surface area contributed by atoms with Crippen molar-refractivity contribution < 1.29 is 19.1 Å². The van der Waals surface area contributed by atoms with Gasteiger partial charge < -0.3 is 15.4 Å². The highest BCUT2D eigenvalue weighted by molar-refractivity contribution is 6.39. The van der Waals surface area contributed by atoms with Crippen molar-refractivity contribution in [2.45, 2.75) is 38.0 Å². The van der Waals surface area contributed by atoms with Gasteiger partial charge in [0.2, 0.25) is 0 Å². The topological polar surface area (TPSA) is 84.5 Å². The van der Waals surface area contributed by atoms with Gasteiger partial charge in [0.15, 0.2) is 0 Å². The Balaban J connectivity index is 1.87. The lowest BCUT2D eigenvalue weighted by Gasteiger charge is -2.28. The Morgan fingerprint density at radius 2 is 1.67 bits per heavy atom. The molecule has 1 aliphatic carbocycles. The minimum Gasteiger partial charge on any atom is -0.469 e. The van der Waals surface area contributed by atoms with Gasteiger partial charge in [-0.3, -0.25) is 14.4 Å². The standard InChI is InChI=1S/C18H24N2O4/c1-19-17(22)18(23)20-15-9-7-14(8-10-15)13-5-3-12(4-6-13)11-16(21)24-2/h7-10,12-13H,3-6,11H2,1-2H3,(H,19,22)(H,20,23)/t12-,13-. The number of hydrogen-bond donors (Lipinski definition) is 2. The number of benzene rings is 1. The quantitative estimate of drug-likeness (QED) is 0.654. The SMILES string of the molecule is CNC(=O)C(=O)Nc1ccc([C@H]2CC[C@H](CC(=O)OC)CC2)cc1. The fourth-order valence-electron chi connectivity index (χ4n) is 3.16. The van der Waals surface area contributed by atoms with Gasteiger partial charge in [-0.1, -0.05) is 12.1 Å². The van der Waals surface area contributed by atoms with E-state index in [1.54, 1.807) is 0 Å². The molecule has 0 saturated heterocycles. The summed E-state index contributed by atoms with van der Waals surface area (Å²) in [5, 5.41) is 4.84. The summed E-state index contributed by atoms with van der Waals surface area (Å²) in [5.74, 6) is -0.575. The third-order valence-electron chi connectivity index (χ3n) is 4.60. The zero-order valence-electron chi connectivity index (χ0n) is 14.1. The van der Waals surface area contributed by atoms with Crippen LogP contribution >= 0.6 is 0 Å². The molecule has 0 aliphatic heterocycles. The Bertz CT molecular complexity index is 590. The molecule has 2 rings (SSSR count). The van der Waals surface area contributed by atoms with E-state index in [9.17, 15) is 14.4 Å². The number of amides is 2. The van der Waals surface area contributed by atoms with Crippen molar-refractivity contribution in [1.29, 1.82) is 0 Å². The number of anilines is 1. The molecule has 0 bridgehead atoms. The molecule has 0 spiro atoms. The third-order valence-corrected chi connectivity index (χ3v) is 4.60. The summed E-state index contributed by atoms with van der Waals surface area (Å²) < 4.78 is 4.73. The lowest BCUT2D eigenvalue weighted by Crippen LogP contribution is -2.32. The molecule has 2 amide bonds. The Kier molecular flexibility index (Phi) is 6.35. The van der Waals surface area contributed by atoms with Crippen LogP contribution in [0.4, 0.5) is 5.69 Å². The van der Waals surface area contributed by atoms with Crippen LogP contribution in [0, 0.1) is 5.92 Å². The smallest absolute Gasteiger partial charge is 0.313 e. The molecule has 130 valence electrons. The molecule has 0 aromatic heterocycles. The summed E-state index contributed by atoms with van der Waals surface area (Å²) in [6, 6.07) is 7.61. The number of esters is 1. The molecule has 1 aliphatic rings. The summed E-state index contributed by atoms with van der Waals surface area (Å²) in [6.45, 7) is 0. The van der Waals surface area contributed by atoms with Crippen molar-refractivity contribution in [3.05, 3.63) is 29.8 Å². The molecule has 1 fully saturated rings. The highest BCUT2D eigenvalue weighted by Gasteiger charge is 2.24. The predicted octanol–water partition coefficient (Wildman–Crippen LogP) is 2.21. The number of rotatable bonds is 4. The number of carbonyl (C=O) groups excluding carboxylic acids is 3. The van der Waals surface area contributed by atoms with E-state index in [1.807, 2.05) is 24.3 Å². The van der Waals surface area contributed by atoms with Crippen molar-refractivity contribution in [2.24, 2.45) is 5.92 Å². The van der Waals surface area contributed by atoms with E-state index in [4.69, 9.17) is 4.74 Å². The van der Waals surface area contributed by atoms with E-state index >= 15 is 0 Å². The molecule has 6 nitrogen and oxygen atoms in total. The van der Waals surface area contributed by atoms with Gasteiger partial charge in [-0.05, 0) is 55.2 Å². The lowest BCUT2D eigenvalue weighted by molar-refractivity contribution is -0.142. The van der Waals surface area contributed by atoms with Gasteiger partial charge in [0.1, 0.15) is 0 Å². The van der Waals surface area contributed by atoms with Crippen molar-refractivity contribution >= 4 is 23.5 Å². The Morgan fingerprint density at radius 3 is 2.21 bits per heavy atom. The van der Waals surface area contributed by atoms with E-state index in [1.165, 1.54) is 19.7 Å². The van der Waals surface area contributed by atoms with Gasteiger partial charge in [-0.15, -0.1) is 0 Å². The summed E-state index contributed by atoms with van der Waals surface area (Å²) in [6.07, 6.45) is 4.65. The van der Waals surface area contributed by atoms with Crippen molar-refractivity contribution in [3.8, 4) is 0 Å². The zero-order chi connectivity index (χ0) is 17.5. The molecular weight excluding hydrogens is 308 g/mol. The second-order valence-corrected chi connectivity index (χ2v) is 6.15. The molecule has 0 atom stereocenters. The monoisotopic (exact) mass is 332 g/mol. The van der Waals surface area contributed by atoms with Crippen LogP contribution in [0.15, 0.2) is 24.3 Å². The highest BCUT2D eigenvalue weighted by atomic mass is 16.5. The maximum Gasteiger partial charge on any atom is 0.313 e. The number of nitrogens with one attached hydrogen (secondary N) is 2. The van der Waals surface area contributed by atoms with E-state index in [0.29, 0.717) is 23.9 Å². The van der Waals surface area contributed by atoms with E-state index in [2.05, 4.69) is 10.6 Å². The first-order valence-electron chi connectivity index (χ1n) is 8.23. The molecule has 6 heteroatoms. The third kappa shape index (κ3) is 4.81. The molecule has 0 unspecified atom stereocenters. The first-order valence-corrected chi connectivity index (χ1v) is 8.23. The van der Waals surface area contributed by atoms with Crippen molar-refractivity contribution in [1.82, 2.24) is 5.32 Å².